The molecule has 1 saturated heterocycles. The van der Waals surface area contributed by atoms with Gasteiger partial charge in [0.1, 0.15) is 0 Å². The van der Waals surface area contributed by atoms with Crippen LogP contribution < -0.4 is 5.32 Å². The van der Waals surface area contributed by atoms with Gasteiger partial charge < -0.3 is 25.2 Å². The van der Waals surface area contributed by atoms with Gasteiger partial charge in [0.05, 0.1) is 31.9 Å². The van der Waals surface area contributed by atoms with Crippen LogP contribution in [0.3, 0.4) is 0 Å². The smallest absolute Gasteiger partial charge is 0.317 e. The highest BCUT2D eigenvalue weighted by Gasteiger charge is 2.28. The van der Waals surface area contributed by atoms with Crippen molar-refractivity contribution in [2.75, 3.05) is 26.3 Å². The van der Waals surface area contributed by atoms with Crippen LogP contribution in [0, 0.1) is 0 Å². The highest BCUT2D eigenvalue weighted by atomic mass is 16.5. The summed E-state index contributed by atoms with van der Waals surface area (Å²) in [5.41, 5.74) is 0. The number of aliphatic carboxylic acids is 1. The number of carbonyl (C=O) groups excluding carboxylic acids is 1. The minimum Gasteiger partial charge on any atom is -0.481 e. The van der Waals surface area contributed by atoms with Gasteiger partial charge in [-0.15, -0.1) is 0 Å². The first-order chi connectivity index (χ1) is 9.54. The number of hydrogen-bond acceptors (Lipinski definition) is 4. The zero-order valence-corrected chi connectivity index (χ0v) is 11.9. The van der Waals surface area contributed by atoms with Crippen LogP contribution in [0.15, 0.2) is 0 Å². The SMILES string of the molecule is CC1COC(CO)CN1C(=O)NCCCCCC(=O)O. The van der Waals surface area contributed by atoms with E-state index in [1.807, 2.05) is 6.92 Å². The van der Waals surface area contributed by atoms with E-state index in [0.29, 0.717) is 26.1 Å². The summed E-state index contributed by atoms with van der Waals surface area (Å²) < 4.78 is 5.37. The summed E-state index contributed by atoms with van der Waals surface area (Å²) in [5.74, 6) is -0.786. The molecule has 1 fully saturated rings. The fourth-order valence-corrected chi connectivity index (χ4v) is 2.09. The lowest BCUT2D eigenvalue weighted by atomic mass is 10.2. The maximum absolute atomic E-state index is 12.0. The summed E-state index contributed by atoms with van der Waals surface area (Å²) in [7, 11) is 0. The Balaban J connectivity index is 2.19. The number of carboxylic acid groups (broad SMARTS) is 1. The molecular weight excluding hydrogens is 264 g/mol. The van der Waals surface area contributed by atoms with E-state index in [4.69, 9.17) is 14.9 Å². The summed E-state index contributed by atoms with van der Waals surface area (Å²) in [6.45, 7) is 3.16. The Morgan fingerprint density at radius 2 is 2.10 bits per heavy atom. The number of hydrogen-bond donors (Lipinski definition) is 3. The number of aliphatic hydroxyl groups is 1. The molecule has 0 saturated carbocycles. The van der Waals surface area contributed by atoms with Crippen LogP contribution in [0.4, 0.5) is 4.79 Å². The molecule has 1 aliphatic rings. The number of morpholine rings is 1. The first-order valence-electron chi connectivity index (χ1n) is 7.03. The zero-order valence-electron chi connectivity index (χ0n) is 11.9. The van der Waals surface area contributed by atoms with Gasteiger partial charge in [0.15, 0.2) is 0 Å². The first kappa shape index (κ1) is 16.7. The van der Waals surface area contributed by atoms with Crippen LogP contribution in [0.1, 0.15) is 32.6 Å². The second-order valence-corrected chi connectivity index (χ2v) is 5.08. The van der Waals surface area contributed by atoms with Crippen LogP contribution in [0.2, 0.25) is 0 Å². The second-order valence-electron chi connectivity index (χ2n) is 5.08. The number of rotatable bonds is 7. The van der Waals surface area contributed by atoms with Crippen molar-refractivity contribution in [3.8, 4) is 0 Å². The van der Waals surface area contributed by atoms with Gasteiger partial charge in [-0.05, 0) is 19.8 Å². The Hall–Kier alpha value is -1.34. The molecule has 7 heteroatoms. The molecule has 7 nitrogen and oxygen atoms in total. The molecule has 2 amide bonds. The molecule has 0 aliphatic carbocycles. The second kappa shape index (κ2) is 8.76. The first-order valence-corrected chi connectivity index (χ1v) is 7.03. The van der Waals surface area contributed by atoms with E-state index < -0.39 is 5.97 Å². The molecule has 2 unspecified atom stereocenters. The Bertz CT molecular complexity index is 324. The normalized spacial score (nSPS) is 22.6. The predicted octanol–water partition coefficient (Wildman–Crippen LogP) is 0.423. The van der Waals surface area contributed by atoms with Crippen molar-refractivity contribution < 1.29 is 24.5 Å². The van der Waals surface area contributed by atoms with E-state index in [1.54, 1.807) is 4.90 Å². The van der Waals surface area contributed by atoms with E-state index in [-0.39, 0.29) is 31.2 Å². The molecule has 1 aliphatic heterocycles. The van der Waals surface area contributed by atoms with E-state index in [0.717, 1.165) is 12.8 Å². The third-order valence-electron chi connectivity index (χ3n) is 3.31. The number of nitrogens with one attached hydrogen (secondary N) is 1. The number of ether oxygens (including phenoxy) is 1. The lowest BCUT2D eigenvalue weighted by Crippen LogP contribution is -2.55. The minimum atomic E-state index is -0.786. The molecular formula is C13H24N2O5. The Labute approximate surface area is 118 Å². The fourth-order valence-electron chi connectivity index (χ4n) is 2.09. The van der Waals surface area contributed by atoms with Gasteiger partial charge in [-0.3, -0.25) is 4.79 Å². The van der Waals surface area contributed by atoms with E-state index in [1.165, 1.54) is 0 Å². The van der Waals surface area contributed by atoms with Crippen molar-refractivity contribution in [3.05, 3.63) is 0 Å². The molecule has 0 aromatic rings. The third kappa shape index (κ3) is 5.75. The standard InChI is InChI=1S/C13H24N2O5/c1-10-9-20-11(8-16)7-15(10)13(19)14-6-4-2-3-5-12(17)18/h10-11,16H,2-9H2,1H3,(H,14,19)(H,17,18). The number of amides is 2. The number of unbranched alkanes of at least 4 members (excludes halogenated alkanes) is 2. The lowest BCUT2D eigenvalue weighted by molar-refractivity contribution is -0.137. The molecule has 0 bridgehead atoms. The molecule has 1 rings (SSSR count). The van der Waals surface area contributed by atoms with Crippen LogP contribution in [-0.4, -0.2) is 65.6 Å². The number of aliphatic hydroxyl groups excluding tert-OH is 1. The maximum atomic E-state index is 12.0. The number of nitrogens with zero attached hydrogens (tertiary/aromatic N) is 1. The minimum absolute atomic E-state index is 0.00943. The fraction of sp³-hybridized carbons (Fsp3) is 0.846. The van der Waals surface area contributed by atoms with Gasteiger partial charge in [0.25, 0.3) is 0 Å². The van der Waals surface area contributed by atoms with Gasteiger partial charge in [-0.25, -0.2) is 4.79 Å². The molecule has 116 valence electrons. The summed E-state index contributed by atoms with van der Waals surface area (Å²) in [5, 5.41) is 20.4. The van der Waals surface area contributed by atoms with Gasteiger partial charge in [-0.1, -0.05) is 6.42 Å². The van der Waals surface area contributed by atoms with Crippen LogP contribution in [0.5, 0.6) is 0 Å². The molecule has 0 radical (unpaired) electrons. The highest BCUT2D eigenvalue weighted by molar-refractivity contribution is 5.74. The van der Waals surface area contributed by atoms with Crippen LogP contribution in [-0.2, 0) is 9.53 Å². The Morgan fingerprint density at radius 3 is 2.75 bits per heavy atom. The van der Waals surface area contributed by atoms with Gasteiger partial charge in [-0.2, -0.15) is 0 Å². The summed E-state index contributed by atoms with van der Waals surface area (Å²) in [6.07, 6.45) is 2.04. The molecule has 3 N–H and O–H groups in total. The van der Waals surface area contributed by atoms with Crippen LogP contribution >= 0.6 is 0 Å². The van der Waals surface area contributed by atoms with Crippen LogP contribution in [0.25, 0.3) is 0 Å². The van der Waals surface area contributed by atoms with Gasteiger partial charge in [0, 0.05) is 13.0 Å². The number of carboxylic acids is 1. The predicted molar refractivity (Wildman–Crippen MR) is 72.5 cm³/mol. The van der Waals surface area contributed by atoms with Crippen molar-refractivity contribution in [2.45, 2.75) is 44.8 Å². The van der Waals surface area contributed by atoms with Crippen molar-refractivity contribution in [2.24, 2.45) is 0 Å². The van der Waals surface area contributed by atoms with E-state index in [2.05, 4.69) is 5.32 Å². The summed E-state index contributed by atoms with van der Waals surface area (Å²) in [6, 6.07) is -0.165. The van der Waals surface area contributed by atoms with Gasteiger partial charge in [0.2, 0.25) is 0 Å². The average molecular weight is 288 g/mol. The lowest BCUT2D eigenvalue weighted by Gasteiger charge is -2.37. The molecule has 0 aromatic heterocycles. The molecule has 0 spiro atoms. The van der Waals surface area contributed by atoms with Crippen molar-refractivity contribution in [3.63, 3.8) is 0 Å². The summed E-state index contributed by atoms with van der Waals surface area (Å²) >= 11 is 0. The van der Waals surface area contributed by atoms with Gasteiger partial charge >= 0.3 is 12.0 Å². The van der Waals surface area contributed by atoms with Crippen molar-refractivity contribution in [1.82, 2.24) is 10.2 Å². The quantitative estimate of drug-likeness (QED) is 0.590. The Kier molecular flexibility index (Phi) is 7.32. The molecule has 0 aromatic carbocycles. The van der Waals surface area contributed by atoms with E-state index >= 15 is 0 Å². The zero-order chi connectivity index (χ0) is 15.0. The van der Waals surface area contributed by atoms with Crippen molar-refractivity contribution >= 4 is 12.0 Å². The highest BCUT2D eigenvalue weighted by Crippen LogP contribution is 2.11. The monoisotopic (exact) mass is 288 g/mol. The number of carbonyl (C=O) groups is 2. The topological polar surface area (TPSA) is 99.1 Å². The molecule has 2 atom stereocenters. The van der Waals surface area contributed by atoms with E-state index in [9.17, 15) is 9.59 Å². The van der Waals surface area contributed by atoms with Crippen molar-refractivity contribution in [1.29, 1.82) is 0 Å². The third-order valence-corrected chi connectivity index (χ3v) is 3.31. The Morgan fingerprint density at radius 1 is 1.35 bits per heavy atom. The maximum Gasteiger partial charge on any atom is 0.317 e. The summed E-state index contributed by atoms with van der Waals surface area (Å²) in [4.78, 5) is 24.0. The largest absolute Gasteiger partial charge is 0.481 e. The molecule has 1 heterocycles. The average Bonchev–Trinajstić information content (AvgIpc) is 2.42. The number of urea groups is 1. The molecule has 20 heavy (non-hydrogen) atoms.